The van der Waals surface area contributed by atoms with Crippen LogP contribution in [0.3, 0.4) is 0 Å². The van der Waals surface area contributed by atoms with Crippen LogP contribution in [-0.4, -0.2) is 20.3 Å². The largest absolute Gasteiger partial charge is 4.00 e. The van der Waals surface area contributed by atoms with Crippen LogP contribution in [0.4, 0.5) is 0 Å². The first-order valence-corrected chi connectivity index (χ1v) is 2.19. The Balaban J connectivity index is -0.0000000369. The molecule has 0 amide bonds. The SMILES string of the molecule is O=[N+]([O-])[O-].O=[N+]([O-])[O-].O=[N+]([O-])[O-].O=[N+]([O-])[O-].[Am+4]. The van der Waals surface area contributed by atoms with E-state index in [-0.39, 0.29) is 14.3 Å². The molecule has 0 aromatic rings. The molecule has 17 heteroatoms. The molecule has 0 N–H and O–H groups in total. The fraction of sp³-hybridized carbons (Fsp3) is 0. The zero-order chi connectivity index (χ0) is 14.3. The van der Waals surface area contributed by atoms with Crippen LogP contribution in [-0.2, 0) is 0 Å². The van der Waals surface area contributed by atoms with E-state index in [4.69, 9.17) is 61.3 Å². The molecule has 1 radical (unpaired) electrons. The minimum absolute atomic E-state index is 0. The van der Waals surface area contributed by atoms with Gasteiger partial charge in [-0.3, -0.25) is 0 Å². The van der Waals surface area contributed by atoms with Gasteiger partial charge in [-0.05, 0) is 0 Å². The molecule has 16 nitrogen and oxygen atoms in total. The first-order chi connectivity index (χ1) is 6.93. The van der Waals surface area contributed by atoms with Crippen molar-refractivity contribution in [2.24, 2.45) is 0 Å². The van der Waals surface area contributed by atoms with Gasteiger partial charge in [0.15, 0.2) is 0 Å². The molecule has 0 aliphatic carbocycles. The third-order valence-electron chi connectivity index (χ3n) is 0. The van der Waals surface area contributed by atoms with E-state index in [1.54, 1.807) is 0 Å². The Morgan fingerprint density at radius 1 is 0.412 bits per heavy atom. The van der Waals surface area contributed by atoms with Crippen molar-refractivity contribution in [1.82, 2.24) is 0 Å². The van der Waals surface area contributed by atoms with Gasteiger partial charge in [-0.25, -0.2) is 0 Å². The van der Waals surface area contributed by atoms with Crippen molar-refractivity contribution in [3.63, 3.8) is 0 Å². The second-order valence-electron chi connectivity index (χ2n) is 0.894. The van der Waals surface area contributed by atoms with Crippen LogP contribution in [0, 0.1) is 75.6 Å². The summed E-state index contributed by atoms with van der Waals surface area (Å²) in [5, 5.41) is 59.0. The van der Waals surface area contributed by atoms with Crippen molar-refractivity contribution >= 4 is 0 Å². The Kier molecular flexibility index (Phi) is 39.9. The van der Waals surface area contributed by atoms with Crippen molar-refractivity contribution in [3.05, 3.63) is 61.3 Å². The molecule has 0 aliphatic heterocycles. The molecule has 0 fully saturated rings. The molecule has 0 saturated carbocycles. The summed E-state index contributed by atoms with van der Waals surface area (Å²) < 4.78 is 0. The van der Waals surface area contributed by atoms with Gasteiger partial charge >= 0.3 is 14.3 Å². The van der Waals surface area contributed by atoms with E-state index >= 15 is 0 Å². The third-order valence-corrected chi connectivity index (χ3v) is 0. The smallest absolute Gasteiger partial charge is 0.356 e. The minimum atomic E-state index is -1.75. The van der Waals surface area contributed by atoms with Gasteiger partial charge in [0.1, 0.15) is 0 Å². The number of hydrogen-bond donors (Lipinski definition) is 0. The molecule has 0 aliphatic rings. The van der Waals surface area contributed by atoms with E-state index in [9.17, 15) is 0 Å². The number of rotatable bonds is 0. The van der Waals surface area contributed by atoms with Gasteiger partial charge < -0.3 is 61.3 Å². The summed E-state index contributed by atoms with van der Waals surface area (Å²) in [5.74, 6) is 0. The molecular weight excluding hydrogens is 491 g/mol. The number of hydrogen-bond acceptors (Lipinski definition) is 12. The Bertz CT molecular complexity index is 159. The molecule has 0 rings (SSSR count). The van der Waals surface area contributed by atoms with Crippen LogP contribution in [0.25, 0.3) is 0 Å². The van der Waals surface area contributed by atoms with E-state index in [0.29, 0.717) is 0 Å². The van der Waals surface area contributed by atoms with Crippen LogP contribution in [0.1, 0.15) is 0 Å². The van der Waals surface area contributed by atoms with Crippen molar-refractivity contribution in [2.45, 2.75) is 0 Å². The molecule has 99 valence electrons. The van der Waals surface area contributed by atoms with E-state index < -0.39 is 20.3 Å². The fourth-order valence-corrected chi connectivity index (χ4v) is 0. The van der Waals surface area contributed by atoms with Crippen LogP contribution in [0.5, 0.6) is 0 Å². The topological polar surface area (TPSA) is 265 Å². The summed E-state index contributed by atoms with van der Waals surface area (Å²) >= 11 is 0. The monoisotopic (exact) mass is 489 g/mol. The maximum atomic E-state index is 8.25. The predicted molar refractivity (Wildman–Crippen MR) is 41.4 cm³/mol. The van der Waals surface area contributed by atoms with Crippen LogP contribution in [0.2, 0.25) is 0 Å². The molecule has 0 aromatic heterocycles. The van der Waals surface area contributed by atoms with Gasteiger partial charge in [0.05, 0.1) is 20.3 Å². The van der Waals surface area contributed by atoms with Gasteiger partial charge in [0.25, 0.3) is 0 Å². The molecule has 0 bridgehead atoms. The average molecular weight is 491 g/mol. The van der Waals surface area contributed by atoms with Gasteiger partial charge in [-0.1, -0.05) is 0 Å². The van der Waals surface area contributed by atoms with Crippen LogP contribution < -0.4 is 0 Å². The number of nitrogens with zero attached hydrogens (tertiary/aromatic N) is 4. The Labute approximate surface area is 96.9 Å². The maximum absolute atomic E-state index is 8.25. The van der Waals surface area contributed by atoms with Gasteiger partial charge in [0.2, 0.25) is 0 Å². The Hall–Kier alpha value is -2.81. The fourth-order valence-electron chi connectivity index (χ4n) is 0. The van der Waals surface area contributed by atoms with E-state index in [1.165, 1.54) is 0 Å². The van der Waals surface area contributed by atoms with E-state index in [2.05, 4.69) is 0 Å². The third kappa shape index (κ3) is 209. The minimum Gasteiger partial charge on any atom is -0.356 e. The molecular formula is AmN4O12. The van der Waals surface area contributed by atoms with Crippen molar-refractivity contribution in [2.75, 3.05) is 0 Å². The summed E-state index contributed by atoms with van der Waals surface area (Å²) in [6.45, 7) is 0. The molecule has 0 aromatic carbocycles. The maximum Gasteiger partial charge on any atom is 4.00 e. The molecule has 0 spiro atoms. The van der Waals surface area contributed by atoms with E-state index in [0.717, 1.165) is 0 Å². The summed E-state index contributed by atoms with van der Waals surface area (Å²) in [6, 6.07) is 0. The van der Waals surface area contributed by atoms with Crippen LogP contribution >= 0.6 is 0 Å². The van der Waals surface area contributed by atoms with Gasteiger partial charge in [-0.2, -0.15) is 0 Å². The second-order valence-corrected chi connectivity index (χ2v) is 0.894. The van der Waals surface area contributed by atoms with Gasteiger partial charge in [0, 0.05) is 0 Å². The standard InChI is InChI=1S/Am.4NO3/c;4*2-1(3)4/q+4;4*-1. The summed E-state index contributed by atoms with van der Waals surface area (Å²) in [7, 11) is 0. The second kappa shape index (κ2) is 23.2. The summed E-state index contributed by atoms with van der Waals surface area (Å²) in [5.41, 5.74) is 0. The quantitative estimate of drug-likeness (QED) is 0.293. The van der Waals surface area contributed by atoms with Crippen molar-refractivity contribution in [1.29, 1.82) is 0 Å². The van der Waals surface area contributed by atoms with E-state index in [1.807, 2.05) is 0 Å². The predicted octanol–water partition coefficient (Wildman–Crippen LogP) is -0.956. The van der Waals surface area contributed by atoms with Crippen LogP contribution in [0.15, 0.2) is 0 Å². The zero-order valence-electron chi connectivity index (χ0n) is 7.07. The molecule has 0 saturated heterocycles. The first kappa shape index (κ1) is 29.2. The molecule has 0 heterocycles. The summed E-state index contributed by atoms with van der Waals surface area (Å²) in [6.07, 6.45) is 0. The Morgan fingerprint density at radius 2 is 0.412 bits per heavy atom. The first-order valence-electron chi connectivity index (χ1n) is 2.19. The summed E-state index contributed by atoms with van der Waals surface area (Å²) in [4.78, 5) is 33.0. The van der Waals surface area contributed by atoms with Gasteiger partial charge in [-0.15, -0.1) is 0 Å². The van der Waals surface area contributed by atoms with Crippen molar-refractivity contribution in [3.8, 4) is 0 Å². The average Bonchev–Trinajstić information content (AvgIpc) is 1.76. The Morgan fingerprint density at radius 3 is 0.412 bits per heavy atom. The molecule has 0 unspecified atom stereocenters. The zero-order valence-corrected chi connectivity index (χ0v) is 10.2. The normalized spacial score (nSPS) is 5.65. The molecule has 0 atom stereocenters. The van der Waals surface area contributed by atoms with Crippen molar-refractivity contribution < 1.29 is 34.6 Å². The molecule has 17 heavy (non-hydrogen) atoms.